The van der Waals surface area contributed by atoms with Crippen molar-refractivity contribution in [2.45, 2.75) is 19.4 Å². The van der Waals surface area contributed by atoms with E-state index in [9.17, 15) is 9.59 Å². The van der Waals surface area contributed by atoms with Gasteiger partial charge in [0.1, 0.15) is 6.04 Å². The molecule has 0 spiro atoms. The lowest BCUT2D eigenvalue weighted by molar-refractivity contribution is -0.135. The molecular weight excluding hydrogens is 134 g/mol. The fourth-order valence-corrected chi connectivity index (χ4v) is 0.952. The highest BCUT2D eigenvalue weighted by Gasteiger charge is 2.36. The molecule has 10 heavy (non-hydrogen) atoms. The number of cyclic esters (lactones) is 2. The van der Waals surface area contributed by atoms with Gasteiger partial charge in [0.05, 0.1) is 0 Å². The predicted octanol–water partition coefficient (Wildman–Crippen LogP) is 0.374. The van der Waals surface area contributed by atoms with Crippen LogP contribution in [0.4, 0.5) is 4.79 Å². The number of ether oxygens (including phenoxy) is 1. The lowest BCUT2D eigenvalue weighted by Crippen LogP contribution is -2.30. The smallest absolute Gasteiger partial charge is 0.375 e. The molecule has 1 aliphatic heterocycles. The summed E-state index contributed by atoms with van der Waals surface area (Å²) in [6, 6.07) is -0.368. The number of hydrogen-bond donors (Lipinski definition) is 0. The van der Waals surface area contributed by atoms with E-state index in [1.807, 2.05) is 6.92 Å². The average molecular weight is 143 g/mol. The first kappa shape index (κ1) is 7.05. The van der Waals surface area contributed by atoms with Crippen LogP contribution >= 0.6 is 0 Å². The van der Waals surface area contributed by atoms with Crippen molar-refractivity contribution in [3.05, 3.63) is 0 Å². The molecule has 1 heterocycles. The monoisotopic (exact) mass is 143 g/mol. The summed E-state index contributed by atoms with van der Waals surface area (Å²) in [5.74, 6) is -0.435. The number of rotatable bonds is 1. The Morgan fingerprint density at radius 3 is 2.40 bits per heavy atom. The second kappa shape index (κ2) is 2.28. The molecule has 1 amide bonds. The third kappa shape index (κ3) is 0.853. The van der Waals surface area contributed by atoms with Gasteiger partial charge in [0.2, 0.25) is 0 Å². The number of carbonyl (C=O) groups excluding carboxylic acids is 2. The lowest BCUT2D eigenvalue weighted by atomic mass is 10.2. The number of hydrogen-bond acceptors (Lipinski definition) is 3. The summed E-state index contributed by atoms with van der Waals surface area (Å²) in [5.41, 5.74) is 0. The van der Waals surface area contributed by atoms with E-state index in [4.69, 9.17) is 0 Å². The molecule has 1 atom stereocenters. The van der Waals surface area contributed by atoms with E-state index < -0.39 is 12.1 Å². The molecule has 0 bridgehead atoms. The van der Waals surface area contributed by atoms with Crippen LogP contribution < -0.4 is 0 Å². The highest BCUT2D eigenvalue weighted by atomic mass is 16.6. The van der Waals surface area contributed by atoms with E-state index in [1.54, 1.807) is 7.05 Å². The predicted molar refractivity (Wildman–Crippen MR) is 33.3 cm³/mol. The fourth-order valence-electron chi connectivity index (χ4n) is 0.952. The van der Waals surface area contributed by atoms with Gasteiger partial charge >= 0.3 is 12.1 Å². The molecule has 56 valence electrons. The number of nitrogens with zero attached hydrogens (tertiary/aromatic N) is 1. The molecule has 0 aromatic rings. The van der Waals surface area contributed by atoms with Crippen LogP contribution in [0.1, 0.15) is 13.3 Å². The van der Waals surface area contributed by atoms with Crippen molar-refractivity contribution >= 4 is 12.1 Å². The maximum atomic E-state index is 10.7. The summed E-state index contributed by atoms with van der Waals surface area (Å²) in [6.07, 6.45) is 0.0676. The SMILES string of the molecule is CC[C@H]1C(=O)OC(=O)N1C. The molecule has 0 radical (unpaired) electrons. The van der Waals surface area contributed by atoms with Crippen LogP contribution in [0.3, 0.4) is 0 Å². The number of likely N-dealkylation sites (N-methyl/N-ethyl adjacent to an activating group) is 1. The molecule has 1 saturated heterocycles. The second-order valence-electron chi connectivity index (χ2n) is 2.22. The minimum Gasteiger partial charge on any atom is -0.375 e. The Balaban J connectivity index is 2.73. The lowest BCUT2D eigenvalue weighted by Gasteiger charge is -2.10. The average Bonchev–Trinajstić information content (AvgIpc) is 2.09. The van der Waals surface area contributed by atoms with Gasteiger partial charge in [0, 0.05) is 7.05 Å². The van der Waals surface area contributed by atoms with Crippen LogP contribution in [-0.2, 0) is 9.53 Å². The largest absolute Gasteiger partial charge is 0.418 e. The van der Waals surface area contributed by atoms with E-state index in [2.05, 4.69) is 4.74 Å². The standard InChI is InChI=1S/C6H9NO3/c1-3-4-5(8)10-6(9)7(4)2/h4H,3H2,1-2H3/t4-/m0/s1. The number of amides is 1. The molecule has 1 rings (SSSR count). The van der Waals surface area contributed by atoms with Crippen LogP contribution in [0, 0.1) is 0 Å². The van der Waals surface area contributed by atoms with E-state index >= 15 is 0 Å². The van der Waals surface area contributed by atoms with Gasteiger partial charge in [-0.25, -0.2) is 9.59 Å². The Morgan fingerprint density at radius 2 is 2.20 bits per heavy atom. The molecular formula is C6H9NO3. The first-order chi connectivity index (χ1) is 4.66. The van der Waals surface area contributed by atoms with E-state index in [1.165, 1.54) is 4.90 Å². The van der Waals surface area contributed by atoms with Crippen molar-refractivity contribution in [3.8, 4) is 0 Å². The quantitative estimate of drug-likeness (QED) is 0.393. The van der Waals surface area contributed by atoms with Crippen LogP contribution in [-0.4, -0.2) is 30.1 Å². The van der Waals surface area contributed by atoms with Gasteiger partial charge in [-0.3, -0.25) is 4.90 Å². The summed E-state index contributed by atoms with van der Waals surface area (Å²) in [6.45, 7) is 1.83. The zero-order chi connectivity index (χ0) is 7.72. The van der Waals surface area contributed by atoms with Gasteiger partial charge in [-0.15, -0.1) is 0 Å². The molecule has 0 aromatic carbocycles. The molecule has 0 aliphatic carbocycles. The molecule has 0 N–H and O–H groups in total. The van der Waals surface area contributed by atoms with E-state index in [0.717, 1.165) is 0 Å². The van der Waals surface area contributed by atoms with E-state index in [-0.39, 0.29) is 6.04 Å². The Kier molecular flexibility index (Phi) is 1.61. The topological polar surface area (TPSA) is 46.6 Å². The summed E-state index contributed by atoms with van der Waals surface area (Å²) in [5, 5.41) is 0. The van der Waals surface area contributed by atoms with Crippen molar-refractivity contribution in [2.75, 3.05) is 7.05 Å². The molecule has 0 saturated carbocycles. The highest BCUT2D eigenvalue weighted by molar-refractivity contribution is 5.95. The maximum absolute atomic E-state index is 10.7. The number of carbonyl (C=O) groups is 2. The van der Waals surface area contributed by atoms with Gasteiger partial charge in [0.15, 0.2) is 0 Å². The molecule has 0 aromatic heterocycles. The Hall–Kier alpha value is -1.06. The third-order valence-electron chi connectivity index (χ3n) is 1.60. The van der Waals surface area contributed by atoms with Gasteiger partial charge in [0.25, 0.3) is 0 Å². The zero-order valence-corrected chi connectivity index (χ0v) is 5.96. The minimum absolute atomic E-state index is 0.368. The van der Waals surface area contributed by atoms with Crippen LogP contribution in [0.2, 0.25) is 0 Å². The van der Waals surface area contributed by atoms with Crippen molar-refractivity contribution in [3.63, 3.8) is 0 Å². The van der Waals surface area contributed by atoms with Gasteiger partial charge in [-0.1, -0.05) is 6.92 Å². The Morgan fingerprint density at radius 1 is 1.60 bits per heavy atom. The first-order valence-corrected chi connectivity index (χ1v) is 3.15. The van der Waals surface area contributed by atoms with Crippen molar-refractivity contribution in [1.82, 2.24) is 4.90 Å². The van der Waals surface area contributed by atoms with Crippen molar-refractivity contribution in [1.29, 1.82) is 0 Å². The van der Waals surface area contributed by atoms with Crippen molar-refractivity contribution < 1.29 is 14.3 Å². The summed E-state index contributed by atoms with van der Waals surface area (Å²) in [4.78, 5) is 22.7. The molecule has 4 nitrogen and oxygen atoms in total. The van der Waals surface area contributed by atoms with Crippen LogP contribution in [0.15, 0.2) is 0 Å². The highest BCUT2D eigenvalue weighted by Crippen LogP contribution is 2.13. The third-order valence-corrected chi connectivity index (χ3v) is 1.60. The normalized spacial score (nSPS) is 25.4. The van der Waals surface area contributed by atoms with Crippen molar-refractivity contribution in [2.24, 2.45) is 0 Å². The van der Waals surface area contributed by atoms with Crippen LogP contribution in [0.25, 0.3) is 0 Å². The van der Waals surface area contributed by atoms with Gasteiger partial charge in [-0.05, 0) is 6.42 Å². The second-order valence-corrected chi connectivity index (χ2v) is 2.22. The maximum Gasteiger partial charge on any atom is 0.418 e. The summed E-state index contributed by atoms with van der Waals surface area (Å²) in [7, 11) is 1.56. The molecule has 0 unspecified atom stereocenters. The fraction of sp³-hybridized carbons (Fsp3) is 0.667. The number of esters is 1. The molecule has 1 fully saturated rings. The molecule has 4 heteroatoms. The Bertz CT molecular complexity index is 178. The minimum atomic E-state index is -0.545. The summed E-state index contributed by atoms with van der Waals surface area (Å²) >= 11 is 0. The zero-order valence-electron chi connectivity index (χ0n) is 5.96. The molecule has 1 aliphatic rings. The first-order valence-electron chi connectivity index (χ1n) is 3.15. The van der Waals surface area contributed by atoms with Gasteiger partial charge in [-0.2, -0.15) is 0 Å². The summed E-state index contributed by atoms with van der Waals surface area (Å²) < 4.78 is 4.33. The van der Waals surface area contributed by atoms with E-state index in [0.29, 0.717) is 6.42 Å². The Labute approximate surface area is 58.8 Å². The van der Waals surface area contributed by atoms with Crippen LogP contribution in [0.5, 0.6) is 0 Å². The van der Waals surface area contributed by atoms with Gasteiger partial charge < -0.3 is 4.74 Å².